The predicted molar refractivity (Wildman–Crippen MR) is 234 cm³/mol. The molecular weight excluding hydrogens is 824 g/mol. The first-order valence-corrected chi connectivity index (χ1v) is 21.6. The zero-order valence-corrected chi connectivity index (χ0v) is 36.1. The number of hydrogen-bond donors (Lipinski definition) is 3. The van der Waals surface area contributed by atoms with Crippen LogP contribution in [0.1, 0.15) is 51.9 Å². The number of piperazine rings is 1. The van der Waals surface area contributed by atoms with Crippen molar-refractivity contribution in [2.45, 2.75) is 45.6 Å². The number of nitrogens with zero attached hydrogens (tertiary/aromatic N) is 7. The maximum Gasteiger partial charge on any atom is 0.329 e. The Kier molecular flexibility index (Phi) is 14.8. The lowest BCUT2D eigenvalue weighted by atomic mass is 10.0. The van der Waals surface area contributed by atoms with Gasteiger partial charge in [0.25, 0.3) is 5.91 Å². The fraction of sp³-hybridized carbons (Fsp3) is 0.452. The lowest BCUT2D eigenvalue weighted by Gasteiger charge is -2.35. The number of amides is 3. The minimum Gasteiger partial charge on any atom is -0.379 e. The summed E-state index contributed by atoms with van der Waals surface area (Å²) in [5, 5.41) is 9.50. The highest BCUT2D eigenvalue weighted by molar-refractivity contribution is 7.17. The summed E-state index contributed by atoms with van der Waals surface area (Å²) in [6.07, 6.45) is 3.51. The quantitative estimate of drug-likeness (QED) is 0.0771. The standard InChI is InChI=1S/C42H51ClN10O7S/c1-27-7-4-10-30(43)37(27)49-40(56)33-26-44-41(61-33)47-34-25-35(46-28(2)45-34)52-16-14-51(15-17-52)18-20-59-22-24-60-23-21-58-19-6-9-29-8-5-11-31-38(29)50(3)42(57)53(31)32-12-13-36(54)48-39(32)55/h4-5,7-8,10-11,25-26,32H,6,9,12-24H2,1-3H3,(H,49,56)(H,48,54,55)(H,44,45,46,47). The summed E-state index contributed by atoms with van der Waals surface area (Å²) in [7, 11) is 1.71. The molecule has 1 atom stereocenters. The summed E-state index contributed by atoms with van der Waals surface area (Å²) in [5.41, 5.74) is 3.68. The highest BCUT2D eigenvalue weighted by Crippen LogP contribution is 2.29. The van der Waals surface area contributed by atoms with Gasteiger partial charge >= 0.3 is 5.69 Å². The second-order valence-corrected chi connectivity index (χ2v) is 16.4. The summed E-state index contributed by atoms with van der Waals surface area (Å²) >= 11 is 7.52. The van der Waals surface area contributed by atoms with Gasteiger partial charge in [-0.05, 0) is 56.4 Å². The Balaban J connectivity index is 0.748. The van der Waals surface area contributed by atoms with Gasteiger partial charge in [0.1, 0.15) is 28.4 Å². The van der Waals surface area contributed by atoms with Gasteiger partial charge < -0.3 is 29.7 Å². The molecule has 0 bridgehead atoms. The summed E-state index contributed by atoms with van der Waals surface area (Å²) in [5.74, 6) is 1.04. The first kappa shape index (κ1) is 43.8. The molecule has 3 aromatic heterocycles. The van der Waals surface area contributed by atoms with Crippen LogP contribution in [0.15, 0.2) is 53.5 Å². The van der Waals surface area contributed by atoms with Gasteiger partial charge in [-0.25, -0.2) is 19.7 Å². The summed E-state index contributed by atoms with van der Waals surface area (Å²) in [6.45, 7) is 11.0. The third-order valence-electron chi connectivity index (χ3n) is 10.7. The normalized spacial score (nSPS) is 16.0. The molecule has 3 N–H and O–H groups in total. The minimum absolute atomic E-state index is 0.205. The molecule has 1 unspecified atom stereocenters. The lowest BCUT2D eigenvalue weighted by molar-refractivity contribution is -0.135. The van der Waals surface area contributed by atoms with E-state index in [1.807, 2.05) is 50.2 Å². The number of benzene rings is 2. The maximum absolute atomic E-state index is 13.2. The van der Waals surface area contributed by atoms with Crippen LogP contribution in [0.5, 0.6) is 0 Å². The van der Waals surface area contributed by atoms with Gasteiger partial charge in [0, 0.05) is 58.9 Å². The molecule has 0 radical (unpaired) electrons. The van der Waals surface area contributed by atoms with Crippen molar-refractivity contribution in [3.8, 4) is 0 Å². The van der Waals surface area contributed by atoms with Gasteiger partial charge in [-0.15, -0.1) is 0 Å². The van der Waals surface area contributed by atoms with E-state index in [1.54, 1.807) is 17.7 Å². The van der Waals surface area contributed by atoms with Gasteiger partial charge in [-0.3, -0.25) is 33.7 Å². The number of para-hydroxylation sites is 2. The molecule has 3 amide bonds. The number of thiazole rings is 1. The van der Waals surface area contributed by atoms with Crippen LogP contribution in [0.2, 0.25) is 5.02 Å². The average molecular weight is 875 g/mol. The van der Waals surface area contributed by atoms with Gasteiger partial charge in [0.15, 0.2) is 5.13 Å². The van der Waals surface area contributed by atoms with Crippen molar-refractivity contribution in [2.75, 3.05) is 87.9 Å². The van der Waals surface area contributed by atoms with Crippen LogP contribution in [0.3, 0.4) is 0 Å². The van der Waals surface area contributed by atoms with E-state index in [9.17, 15) is 19.2 Å². The number of halogens is 1. The number of aryl methyl sites for hydroxylation is 4. The smallest absolute Gasteiger partial charge is 0.329 e. The fourth-order valence-corrected chi connectivity index (χ4v) is 8.53. The van der Waals surface area contributed by atoms with E-state index in [1.165, 1.54) is 22.1 Å². The Morgan fingerprint density at radius 1 is 0.951 bits per heavy atom. The van der Waals surface area contributed by atoms with E-state index in [4.69, 9.17) is 25.8 Å². The number of hydrogen-bond acceptors (Lipinski definition) is 14. The van der Waals surface area contributed by atoms with Crippen LogP contribution >= 0.6 is 22.9 Å². The molecule has 324 valence electrons. The molecule has 19 heteroatoms. The number of imide groups is 1. The second kappa shape index (κ2) is 20.5. The molecule has 5 aromatic rings. The molecule has 17 nitrogen and oxygen atoms in total. The molecule has 2 fully saturated rings. The number of nitrogens with one attached hydrogen (secondary N) is 3. The summed E-state index contributed by atoms with van der Waals surface area (Å²) in [4.78, 5) is 68.9. The Labute approximate surface area is 362 Å². The summed E-state index contributed by atoms with van der Waals surface area (Å²) in [6, 6.07) is 12.4. The molecule has 0 aliphatic carbocycles. The van der Waals surface area contributed by atoms with E-state index in [-0.39, 0.29) is 23.9 Å². The van der Waals surface area contributed by atoms with E-state index in [0.717, 1.165) is 61.6 Å². The number of rotatable bonds is 19. The Morgan fingerprint density at radius 2 is 1.69 bits per heavy atom. The van der Waals surface area contributed by atoms with E-state index in [0.29, 0.717) is 90.4 Å². The Morgan fingerprint density at radius 3 is 2.44 bits per heavy atom. The highest BCUT2D eigenvalue weighted by Gasteiger charge is 2.31. The van der Waals surface area contributed by atoms with Crippen LogP contribution < -0.4 is 26.5 Å². The van der Waals surface area contributed by atoms with Crippen LogP contribution in [-0.4, -0.2) is 119 Å². The van der Waals surface area contributed by atoms with Gasteiger partial charge in [-0.1, -0.05) is 47.2 Å². The molecule has 61 heavy (non-hydrogen) atoms. The maximum atomic E-state index is 13.2. The van der Waals surface area contributed by atoms with Crippen molar-refractivity contribution >= 4 is 74.1 Å². The predicted octanol–water partition coefficient (Wildman–Crippen LogP) is 4.63. The first-order valence-electron chi connectivity index (χ1n) is 20.4. The number of carbonyl (C=O) groups excluding carboxylic acids is 3. The van der Waals surface area contributed by atoms with Gasteiger partial charge in [-0.2, -0.15) is 0 Å². The van der Waals surface area contributed by atoms with E-state index >= 15 is 0 Å². The molecule has 0 saturated carbocycles. The molecular formula is C42H51ClN10O7S. The third-order valence-corrected chi connectivity index (χ3v) is 11.9. The van der Waals surface area contributed by atoms with Crippen molar-refractivity contribution in [3.63, 3.8) is 0 Å². The van der Waals surface area contributed by atoms with Crippen LogP contribution in [0.25, 0.3) is 11.0 Å². The molecule has 2 aliphatic heterocycles. The largest absolute Gasteiger partial charge is 0.379 e. The number of carbonyl (C=O) groups is 3. The highest BCUT2D eigenvalue weighted by atomic mass is 35.5. The number of ether oxygens (including phenoxy) is 3. The average Bonchev–Trinajstić information content (AvgIpc) is 3.81. The molecule has 2 aliphatic rings. The van der Waals surface area contributed by atoms with Gasteiger partial charge in [0.05, 0.1) is 61.0 Å². The topological polar surface area (TPSA) is 187 Å². The van der Waals surface area contributed by atoms with Crippen LogP contribution in [-0.2, 0) is 37.3 Å². The number of anilines is 4. The van der Waals surface area contributed by atoms with E-state index in [2.05, 4.69) is 40.7 Å². The fourth-order valence-electron chi connectivity index (χ4n) is 7.54. The molecule has 0 spiro atoms. The number of aromatic nitrogens is 5. The van der Waals surface area contributed by atoms with Crippen molar-refractivity contribution in [1.29, 1.82) is 0 Å². The van der Waals surface area contributed by atoms with Crippen molar-refractivity contribution in [3.05, 3.63) is 86.0 Å². The zero-order valence-electron chi connectivity index (χ0n) is 34.6. The number of imidazole rings is 1. The minimum atomic E-state index is -0.705. The molecule has 2 saturated heterocycles. The lowest BCUT2D eigenvalue weighted by Crippen LogP contribution is -2.47. The third kappa shape index (κ3) is 11.0. The number of piperidine rings is 1. The zero-order chi connectivity index (χ0) is 42.9. The molecule has 5 heterocycles. The SMILES string of the molecule is Cc1nc(Nc2ncc(C(=O)Nc3c(C)cccc3Cl)s2)cc(N2CCN(CCOCCOCCOCCCc3cccc4c3n(C)c(=O)n4C3CCC(=O)NC3=O)CC2)n1. The van der Waals surface area contributed by atoms with Gasteiger partial charge in [0.2, 0.25) is 11.8 Å². The summed E-state index contributed by atoms with van der Waals surface area (Å²) < 4.78 is 20.4. The van der Waals surface area contributed by atoms with Crippen LogP contribution in [0, 0.1) is 13.8 Å². The van der Waals surface area contributed by atoms with Crippen molar-refractivity contribution in [2.24, 2.45) is 7.05 Å². The van der Waals surface area contributed by atoms with Crippen LogP contribution in [0.4, 0.5) is 22.5 Å². The molecule has 2 aromatic carbocycles. The first-order chi connectivity index (χ1) is 29.5. The Bertz CT molecular complexity index is 2390. The van der Waals surface area contributed by atoms with E-state index < -0.39 is 11.9 Å². The van der Waals surface area contributed by atoms with Crippen molar-refractivity contribution in [1.82, 2.24) is 34.3 Å². The van der Waals surface area contributed by atoms with Crippen molar-refractivity contribution < 1.29 is 28.6 Å². The second-order valence-electron chi connectivity index (χ2n) is 14.9. The number of fused-ring (bicyclic) bond motifs is 1. The Hall–Kier alpha value is -5.24. The molecule has 7 rings (SSSR count). The monoisotopic (exact) mass is 874 g/mol.